The van der Waals surface area contributed by atoms with Crippen LogP contribution in [0.3, 0.4) is 0 Å². The van der Waals surface area contributed by atoms with Gasteiger partial charge in [0.1, 0.15) is 11.6 Å². The summed E-state index contributed by atoms with van der Waals surface area (Å²) >= 11 is 0. The van der Waals surface area contributed by atoms with E-state index in [9.17, 15) is 10.1 Å². The van der Waals surface area contributed by atoms with Crippen LogP contribution in [0.25, 0.3) is 0 Å². The molecule has 0 atom stereocenters. The highest BCUT2D eigenvalue weighted by atomic mass is 16.6. The van der Waals surface area contributed by atoms with Crippen molar-refractivity contribution in [2.75, 3.05) is 6.61 Å². The summed E-state index contributed by atoms with van der Waals surface area (Å²) in [5.41, 5.74) is 5.85. The summed E-state index contributed by atoms with van der Waals surface area (Å²) in [7, 11) is 0. The molecule has 1 rings (SSSR count). The monoisotopic (exact) mass is 295 g/mol. The zero-order valence-corrected chi connectivity index (χ0v) is 12.5. The highest BCUT2D eigenvalue weighted by Gasteiger charge is 2.23. The molecule has 7 nitrogen and oxygen atoms in total. The van der Waals surface area contributed by atoms with E-state index < -0.39 is 10.3 Å². The predicted octanol–water partition coefficient (Wildman–Crippen LogP) is 2.83. The number of aryl methyl sites for hydroxylation is 1. The minimum absolute atomic E-state index is 0.0791. The van der Waals surface area contributed by atoms with E-state index in [1.807, 2.05) is 13.8 Å². The Morgan fingerprint density at radius 2 is 2.19 bits per heavy atom. The van der Waals surface area contributed by atoms with Gasteiger partial charge in [0.15, 0.2) is 0 Å². The maximum atomic E-state index is 10.7. The fourth-order valence-corrected chi connectivity index (χ4v) is 1.89. The largest absolute Gasteiger partial charge is 0.494 e. The molecule has 7 heteroatoms. The SMILES string of the molecule is Cc1cc(OCCCC(C)(C)C(N)=NO)ccc1[N+](=O)[O-]. The average Bonchev–Trinajstić information content (AvgIpc) is 2.42. The van der Waals surface area contributed by atoms with Crippen molar-refractivity contribution in [2.45, 2.75) is 33.6 Å². The topological polar surface area (TPSA) is 111 Å². The van der Waals surface area contributed by atoms with Crippen LogP contribution >= 0.6 is 0 Å². The van der Waals surface area contributed by atoms with Gasteiger partial charge < -0.3 is 15.7 Å². The van der Waals surface area contributed by atoms with Crippen molar-refractivity contribution in [2.24, 2.45) is 16.3 Å². The maximum absolute atomic E-state index is 10.7. The van der Waals surface area contributed by atoms with Crippen LogP contribution in [-0.2, 0) is 0 Å². The summed E-state index contributed by atoms with van der Waals surface area (Å²) in [6.45, 7) is 5.90. The number of nitrogens with zero attached hydrogens (tertiary/aromatic N) is 2. The lowest BCUT2D eigenvalue weighted by Crippen LogP contribution is -2.32. The number of nitrogens with two attached hydrogens (primary N) is 1. The second kappa shape index (κ2) is 6.92. The first-order valence-electron chi connectivity index (χ1n) is 6.64. The van der Waals surface area contributed by atoms with Gasteiger partial charge in [-0.3, -0.25) is 10.1 Å². The van der Waals surface area contributed by atoms with E-state index in [-0.39, 0.29) is 11.5 Å². The molecule has 0 radical (unpaired) electrons. The van der Waals surface area contributed by atoms with E-state index in [1.165, 1.54) is 6.07 Å². The van der Waals surface area contributed by atoms with Gasteiger partial charge in [-0.1, -0.05) is 19.0 Å². The molecule has 116 valence electrons. The summed E-state index contributed by atoms with van der Waals surface area (Å²) in [6.07, 6.45) is 1.42. The zero-order chi connectivity index (χ0) is 16.0. The Labute approximate surface area is 123 Å². The molecule has 0 aliphatic carbocycles. The number of oxime groups is 1. The van der Waals surface area contributed by atoms with E-state index in [4.69, 9.17) is 15.7 Å². The van der Waals surface area contributed by atoms with Crippen molar-refractivity contribution in [1.82, 2.24) is 0 Å². The van der Waals surface area contributed by atoms with Crippen LogP contribution in [0.1, 0.15) is 32.3 Å². The number of hydrogen-bond acceptors (Lipinski definition) is 5. The first-order valence-corrected chi connectivity index (χ1v) is 6.64. The third kappa shape index (κ3) is 4.62. The Bertz CT molecular complexity index is 541. The summed E-state index contributed by atoms with van der Waals surface area (Å²) in [6, 6.07) is 4.66. The van der Waals surface area contributed by atoms with Crippen molar-refractivity contribution < 1.29 is 14.9 Å². The first-order chi connectivity index (χ1) is 9.77. The molecule has 0 spiro atoms. The normalized spacial score (nSPS) is 12.2. The second-order valence-electron chi connectivity index (χ2n) is 5.53. The average molecular weight is 295 g/mol. The van der Waals surface area contributed by atoms with Gasteiger partial charge in [-0.2, -0.15) is 0 Å². The molecule has 0 saturated carbocycles. The lowest BCUT2D eigenvalue weighted by molar-refractivity contribution is -0.385. The van der Waals surface area contributed by atoms with Gasteiger partial charge in [0.05, 0.1) is 11.5 Å². The molecule has 0 aliphatic heterocycles. The Balaban J connectivity index is 2.50. The Kier molecular flexibility index (Phi) is 5.52. The van der Waals surface area contributed by atoms with Gasteiger partial charge in [-0.15, -0.1) is 0 Å². The van der Waals surface area contributed by atoms with E-state index in [0.717, 1.165) is 6.42 Å². The van der Waals surface area contributed by atoms with Crippen molar-refractivity contribution in [1.29, 1.82) is 0 Å². The molecule has 0 heterocycles. The molecule has 1 aromatic carbocycles. The summed E-state index contributed by atoms with van der Waals surface area (Å²) in [5, 5.41) is 22.4. The third-order valence-electron chi connectivity index (χ3n) is 3.38. The number of nitro benzene ring substituents is 1. The fraction of sp³-hybridized carbons (Fsp3) is 0.500. The Hall–Kier alpha value is -2.31. The molecular formula is C14H21N3O4. The molecular weight excluding hydrogens is 274 g/mol. The standard InChI is InChI=1S/C14H21N3O4/c1-10-9-11(5-6-12(10)17(19)20)21-8-4-7-14(2,3)13(15)16-18/h5-6,9,18H,4,7-8H2,1-3H3,(H2,15,16). The molecule has 0 bridgehead atoms. The number of ether oxygens (including phenoxy) is 1. The van der Waals surface area contributed by atoms with Crippen molar-refractivity contribution in [3.63, 3.8) is 0 Å². The van der Waals surface area contributed by atoms with E-state index >= 15 is 0 Å². The lowest BCUT2D eigenvalue weighted by Gasteiger charge is -2.22. The van der Waals surface area contributed by atoms with Crippen LogP contribution in [0.15, 0.2) is 23.4 Å². The third-order valence-corrected chi connectivity index (χ3v) is 3.38. The molecule has 21 heavy (non-hydrogen) atoms. The van der Waals surface area contributed by atoms with Crippen LogP contribution in [0, 0.1) is 22.5 Å². The van der Waals surface area contributed by atoms with Crippen LogP contribution < -0.4 is 10.5 Å². The Morgan fingerprint density at radius 1 is 1.52 bits per heavy atom. The van der Waals surface area contributed by atoms with Gasteiger partial charge in [0, 0.05) is 17.0 Å². The number of rotatable bonds is 7. The number of benzene rings is 1. The summed E-state index contributed by atoms with van der Waals surface area (Å²) in [4.78, 5) is 10.3. The van der Waals surface area contributed by atoms with Crippen molar-refractivity contribution in [3.05, 3.63) is 33.9 Å². The molecule has 0 fully saturated rings. The number of nitro groups is 1. The molecule has 3 N–H and O–H groups in total. The van der Waals surface area contributed by atoms with Gasteiger partial charge in [0.25, 0.3) is 5.69 Å². The highest BCUT2D eigenvalue weighted by molar-refractivity contribution is 5.85. The van der Waals surface area contributed by atoms with Gasteiger partial charge in [0.2, 0.25) is 0 Å². The molecule has 0 aromatic heterocycles. The molecule has 0 saturated heterocycles. The van der Waals surface area contributed by atoms with Crippen LogP contribution in [0.2, 0.25) is 0 Å². The minimum Gasteiger partial charge on any atom is -0.494 e. The van der Waals surface area contributed by atoms with Gasteiger partial charge in [-0.25, -0.2) is 0 Å². The minimum atomic E-state index is -0.418. The number of amidine groups is 1. The van der Waals surface area contributed by atoms with Crippen LogP contribution in [-0.4, -0.2) is 22.6 Å². The van der Waals surface area contributed by atoms with Crippen molar-refractivity contribution in [3.8, 4) is 5.75 Å². The summed E-state index contributed by atoms with van der Waals surface area (Å²) in [5.74, 6) is 0.786. The van der Waals surface area contributed by atoms with Gasteiger partial charge in [-0.05, 0) is 31.9 Å². The van der Waals surface area contributed by atoms with E-state index in [2.05, 4.69) is 5.16 Å². The molecule has 0 aliphatic rings. The van der Waals surface area contributed by atoms with Crippen LogP contribution in [0.4, 0.5) is 5.69 Å². The fourth-order valence-electron chi connectivity index (χ4n) is 1.89. The molecule has 0 unspecified atom stereocenters. The predicted molar refractivity (Wildman–Crippen MR) is 79.8 cm³/mol. The highest BCUT2D eigenvalue weighted by Crippen LogP contribution is 2.25. The van der Waals surface area contributed by atoms with E-state index in [1.54, 1.807) is 19.1 Å². The van der Waals surface area contributed by atoms with E-state index in [0.29, 0.717) is 24.3 Å². The first kappa shape index (κ1) is 16.7. The van der Waals surface area contributed by atoms with Gasteiger partial charge >= 0.3 is 0 Å². The quantitative estimate of drug-likeness (QED) is 0.201. The zero-order valence-electron chi connectivity index (χ0n) is 12.5. The van der Waals surface area contributed by atoms with Crippen molar-refractivity contribution >= 4 is 11.5 Å². The maximum Gasteiger partial charge on any atom is 0.272 e. The Morgan fingerprint density at radius 3 is 2.71 bits per heavy atom. The lowest BCUT2D eigenvalue weighted by atomic mass is 9.87. The molecule has 0 amide bonds. The second-order valence-corrected chi connectivity index (χ2v) is 5.53. The smallest absolute Gasteiger partial charge is 0.272 e. The summed E-state index contributed by atoms with van der Waals surface area (Å²) < 4.78 is 5.56. The van der Waals surface area contributed by atoms with Crippen LogP contribution in [0.5, 0.6) is 5.75 Å². The number of hydrogen-bond donors (Lipinski definition) is 2. The molecule has 1 aromatic rings.